The highest BCUT2D eigenvalue weighted by Crippen LogP contribution is 2.25. The monoisotopic (exact) mass is 403 g/mol. The summed E-state index contributed by atoms with van der Waals surface area (Å²) < 4.78 is 11.7. The minimum absolute atomic E-state index is 0.263. The van der Waals surface area contributed by atoms with E-state index < -0.39 is 0 Å². The Morgan fingerprint density at radius 3 is 2.61 bits per heavy atom. The summed E-state index contributed by atoms with van der Waals surface area (Å²) in [5, 5.41) is 0.679. The van der Waals surface area contributed by atoms with Gasteiger partial charge in [0.25, 0.3) is 0 Å². The molecule has 6 heteroatoms. The fourth-order valence-corrected chi connectivity index (χ4v) is 3.48. The molecule has 2 aromatic rings. The summed E-state index contributed by atoms with van der Waals surface area (Å²) in [6.45, 7) is 9.94. The van der Waals surface area contributed by atoms with Crippen LogP contribution in [0.4, 0.5) is 0 Å². The van der Waals surface area contributed by atoms with Crippen LogP contribution in [0.25, 0.3) is 0 Å². The third-order valence-corrected chi connectivity index (χ3v) is 5.09. The van der Waals surface area contributed by atoms with E-state index in [-0.39, 0.29) is 5.60 Å². The van der Waals surface area contributed by atoms with Crippen LogP contribution in [-0.2, 0) is 6.42 Å². The van der Waals surface area contributed by atoms with Crippen molar-refractivity contribution in [1.82, 2.24) is 14.9 Å². The molecule has 0 saturated carbocycles. The molecule has 0 spiro atoms. The molecular formula is C22H30ClN3O2. The fraction of sp³-hybridized carbons (Fsp3) is 0.545. The molecule has 0 amide bonds. The predicted molar refractivity (Wildman–Crippen MR) is 112 cm³/mol. The molecule has 1 fully saturated rings. The van der Waals surface area contributed by atoms with E-state index in [0.717, 1.165) is 56.9 Å². The largest absolute Gasteiger partial charge is 0.492 e. The maximum absolute atomic E-state index is 6.16. The summed E-state index contributed by atoms with van der Waals surface area (Å²) in [4.78, 5) is 11.3. The van der Waals surface area contributed by atoms with E-state index in [1.165, 1.54) is 0 Å². The molecule has 0 aliphatic carbocycles. The quantitative estimate of drug-likeness (QED) is 0.673. The van der Waals surface area contributed by atoms with E-state index in [1.807, 2.05) is 51.2 Å². The Balaban J connectivity index is 1.40. The predicted octanol–water partition coefficient (Wildman–Crippen LogP) is 4.64. The Bertz CT molecular complexity index is 755. The van der Waals surface area contributed by atoms with Crippen molar-refractivity contribution in [3.63, 3.8) is 0 Å². The minimum Gasteiger partial charge on any atom is -0.492 e. The maximum atomic E-state index is 6.16. The topological polar surface area (TPSA) is 47.5 Å². The SMILES string of the molecule is CC(C)(C)Oc1cncc(CCN2CCC(COc3ccccc3Cl)CC2)n1. The zero-order valence-corrected chi connectivity index (χ0v) is 17.8. The normalized spacial score (nSPS) is 16.1. The highest BCUT2D eigenvalue weighted by atomic mass is 35.5. The van der Waals surface area contributed by atoms with E-state index in [9.17, 15) is 0 Å². The average molecular weight is 404 g/mol. The number of para-hydroxylation sites is 1. The Morgan fingerprint density at radius 1 is 1.14 bits per heavy atom. The summed E-state index contributed by atoms with van der Waals surface area (Å²) in [7, 11) is 0. The Hall–Kier alpha value is -1.85. The van der Waals surface area contributed by atoms with Crippen LogP contribution >= 0.6 is 11.6 Å². The fourth-order valence-electron chi connectivity index (χ4n) is 3.29. The van der Waals surface area contributed by atoms with Gasteiger partial charge in [0.1, 0.15) is 11.4 Å². The first-order valence-electron chi connectivity index (χ1n) is 9.99. The lowest BCUT2D eigenvalue weighted by molar-refractivity contribution is 0.122. The van der Waals surface area contributed by atoms with Gasteiger partial charge in [-0.2, -0.15) is 0 Å². The summed E-state index contributed by atoms with van der Waals surface area (Å²) in [5.74, 6) is 1.96. The number of hydrogen-bond acceptors (Lipinski definition) is 5. The van der Waals surface area contributed by atoms with Crippen molar-refractivity contribution in [2.24, 2.45) is 5.92 Å². The Kier molecular flexibility index (Phi) is 7.13. The molecule has 1 aliphatic heterocycles. The first-order chi connectivity index (χ1) is 13.4. The van der Waals surface area contributed by atoms with Gasteiger partial charge in [-0.05, 0) is 64.8 Å². The van der Waals surface area contributed by atoms with Crippen LogP contribution < -0.4 is 9.47 Å². The molecule has 1 aromatic heterocycles. The van der Waals surface area contributed by atoms with Gasteiger partial charge >= 0.3 is 0 Å². The van der Waals surface area contributed by atoms with Gasteiger partial charge in [-0.1, -0.05) is 23.7 Å². The van der Waals surface area contributed by atoms with Crippen LogP contribution in [0.5, 0.6) is 11.6 Å². The van der Waals surface area contributed by atoms with E-state index in [1.54, 1.807) is 6.20 Å². The molecule has 0 bridgehead atoms. The first kappa shape index (κ1) is 20.9. The van der Waals surface area contributed by atoms with E-state index in [0.29, 0.717) is 16.8 Å². The van der Waals surface area contributed by atoms with Crippen molar-refractivity contribution >= 4 is 11.6 Å². The van der Waals surface area contributed by atoms with Crippen LogP contribution in [0.1, 0.15) is 39.3 Å². The third kappa shape index (κ3) is 6.64. The van der Waals surface area contributed by atoms with Crippen molar-refractivity contribution in [3.8, 4) is 11.6 Å². The zero-order chi connectivity index (χ0) is 20.0. The highest BCUT2D eigenvalue weighted by Gasteiger charge is 2.20. The number of aromatic nitrogens is 2. The molecule has 28 heavy (non-hydrogen) atoms. The summed E-state index contributed by atoms with van der Waals surface area (Å²) in [6.07, 6.45) is 6.68. The molecule has 0 radical (unpaired) electrons. The molecule has 0 N–H and O–H groups in total. The van der Waals surface area contributed by atoms with Crippen molar-refractivity contribution < 1.29 is 9.47 Å². The lowest BCUT2D eigenvalue weighted by Gasteiger charge is -2.31. The molecule has 1 saturated heterocycles. The van der Waals surface area contributed by atoms with Crippen molar-refractivity contribution in [3.05, 3.63) is 47.4 Å². The standard InChI is InChI=1S/C22H30ClN3O2/c1-22(2,3)28-21-15-24-14-18(25-21)10-13-26-11-8-17(9-12-26)16-27-20-7-5-4-6-19(20)23/h4-7,14-15,17H,8-13,16H2,1-3H3. The van der Waals surface area contributed by atoms with Gasteiger partial charge in [0.2, 0.25) is 5.88 Å². The number of halogens is 1. The zero-order valence-electron chi connectivity index (χ0n) is 17.0. The molecule has 0 unspecified atom stereocenters. The van der Waals surface area contributed by atoms with Gasteiger partial charge in [0.05, 0.1) is 23.5 Å². The number of hydrogen-bond donors (Lipinski definition) is 0. The number of piperidine rings is 1. The second-order valence-corrected chi connectivity index (χ2v) is 8.75. The number of likely N-dealkylation sites (tertiary alicyclic amines) is 1. The first-order valence-corrected chi connectivity index (χ1v) is 10.4. The lowest BCUT2D eigenvalue weighted by atomic mass is 9.97. The maximum Gasteiger partial charge on any atom is 0.233 e. The number of rotatable bonds is 7. The molecule has 5 nitrogen and oxygen atoms in total. The van der Waals surface area contributed by atoms with Gasteiger partial charge in [0.15, 0.2) is 0 Å². The van der Waals surface area contributed by atoms with Crippen LogP contribution in [-0.4, -0.2) is 46.7 Å². The van der Waals surface area contributed by atoms with Gasteiger partial charge < -0.3 is 14.4 Å². The molecule has 2 heterocycles. The Labute approximate surface area is 173 Å². The average Bonchev–Trinajstić information content (AvgIpc) is 2.65. The van der Waals surface area contributed by atoms with Crippen LogP contribution in [0.15, 0.2) is 36.7 Å². The van der Waals surface area contributed by atoms with E-state index in [4.69, 9.17) is 21.1 Å². The van der Waals surface area contributed by atoms with Crippen LogP contribution in [0.3, 0.4) is 0 Å². The number of nitrogens with zero attached hydrogens (tertiary/aromatic N) is 3. The summed E-state index contributed by atoms with van der Waals surface area (Å²) in [5.41, 5.74) is 0.715. The Morgan fingerprint density at radius 2 is 1.89 bits per heavy atom. The molecule has 1 aromatic carbocycles. The highest BCUT2D eigenvalue weighted by molar-refractivity contribution is 6.32. The third-order valence-electron chi connectivity index (χ3n) is 4.78. The van der Waals surface area contributed by atoms with Gasteiger partial charge in [-0.25, -0.2) is 4.98 Å². The van der Waals surface area contributed by atoms with Crippen LogP contribution in [0, 0.1) is 5.92 Å². The minimum atomic E-state index is -0.263. The van der Waals surface area contributed by atoms with Gasteiger partial charge in [-0.3, -0.25) is 4.98 Å². The van der Waals surface area contributed by atoms with Gasteiger partial charge in [-0.15, -0.1) is 0 Å². The lowest BCUT2D eigenvalue weighted by Crippen LogP contribution is -2.36. The van der Waals surface area contributed by atoms with Crippen molar-refractivity contribution in [1.29, 1.82) is 0 Å². The second-order valence-electron chi connectivity index (χ2n) is 8.34. The van der Waals surface area contributed by atoms with E-state index in [2.05, 4.69) is 14.9 Å². The van der Waals surface area contributed by atoms with Crippen LogP contribution in [0.2, 0.25) is 5.02 Å². The van der Waals surface area contributed by atoms with Gasteiger partial charge in [0, 0.05) is 19.2 Å². The molecule has 152 valence electrons. The molecule has 3 rings (SSSR count). The second kappa shape index (κ2) is 9.57. The van der Waals surface area contributed by atoms with E-state index >= 15 is 0 Å². The van der Waals surface area contributed by atoms with Crippen molar-refractivity contribution in [2.75, 3.05) is 26.2 Å². The molecule has 1 aliphatic rings. The smallest absolute Gasteiger partial charge is 0.233 e. The molecular weight excluding hydrogens is 374 g/mol. The number of benzene rings is 1. The summed E-state index contributed by atoms with van der Waals surface area (Å²) >= 11 is 6.16. The van der Waals surface area contributed by atoms with Crippen molar-refractivity contribution in [2.45, 2.75) is 45.6 Å². The molecule has 0 atom stereocenters. The summed E-state index contributed by atoms with van der Waals surface area (Å²) in [6, 6.07) is 7.66. The number of ether oxygens (including phenoxy) is 2.